The van der Waals surface area contributed by atoms with Crippen LogP contribution in [0.4, 0.5) is 0 Å². The molecule has 1 aromatic heterocycles. The molecule has 2 heterocycles. The van der Waals surface area contributed by atoms with Crippen molar-refractivity contribution < 1.29 is 9.26 Å². The van der Waals surface area contributed by atoms with Crippen molar-refractivity contribution in [3.63, 3.8) is 0 Å². The molecule has 17 heavy (non-hydrogen) atoms. The van der Waals surface area contributed by atoms with E-state index in [0.717, 1.165) is 32.3 Å². The molecule has 0 aromatic carbocycles. The molecule has 0 radical (unpaired) electrons. The zero-order chi connectivity index (χ0) is 12.5. The van der Waals surface area contributed by atoms with E-state index in [0.29, 0.717) is 11.7 Å². The maximum atomic E-state index is 6.24. The van der Waals surface area contributed by atoms with E-state index in [1.54, 1.807) is 0 Å². The van der Waals surface area contributed by atoms with Gasteiger partial charge in [0.15, 0.2) is 0 Å². The highest BCUT2D eigenvalue weighted by Gasteiger charge is 2.39. The number of hydrogen-bond acceptors (Lipinski definition) is 5. The van der Waals surface area contributed by atoms with E-state index in [2.05, 4.69) is 10.1 Å². The topological polar surface area (TPSA) is 74.2 Å². The van der Waals surface area contributed by atoms with Crippen LogP contribution in [0.3, 0.4) is 0 Å². The zero-order valence-corrected chi connectivity index (χ0v) is 10.8. The Hall–Kier alpha value is -0.940. The minimum Gasteiger partial charge on any atom is -0.367 e. The van der Waals surface area contributed by atoms with Crippen LogP contribution in [0.2, 0.25) is 0 Å². The molecule has 1 aliphatic rings. The molecular weight excluding hydrogens is 218 g/mol. The Morgan fingerprint density at radius 3 is 2.65 bits per heavy atom. The van der Waals surface area contributed by atoms with E-state index in [1.807, 2.05) is 20.8 Å². The van der Waals surface area contributed by atoms with Gasteiger partial charge in [0.05, 0.1) is 5.54 Å². The Balaban J connectivity index is 2.27. The van der Waals surface area contributed by atoms with Gasteiger partial charge in [-0.1, -0.05) is 19.0 Å². The molecule has 0 saturated carbocycles. The quantitative estimate of drug-likeness (QED) is 0.870. The third-order valence-electron chi connectivity index (χ3n) is 3.81. The Morgan fingerprint density at radius 2 is 2.12 bits per heavy atom. The lowest BCUT2D eigenvalue weighted by molar-refractivity contribution is 0.00768. The summed E-state index contributed by atoms with van der Waals surface area (Å²) in [7, 11) is 0. The predicted molar refractivity (Wildman–Crippen MR) is 63.3 cm³/mol. The van der Waals surface area contributed by atoms with Crippen LogP contribution in [0.5, 0.6) is 0 Å². The van der Waals surface area contributed by atoms with Crippen LogP contribution >= 0.6 is 0 Å². The van der Waals surface area contributed by atoms with Crippen LogP contribution in [0.25, 0.3) is 0 Å². The van der Waals surface area contributed by atoms with E-state index in [4.69, 9.17) is 15.0 Å². The van der Waals surface area contributed by atoms with Crippen molar-refractivity contribution >= 4 is 0 Å². The average molecular weight is 239 g/mol. The van der Waals surface area contributed by atoms with Gasteiger partial charge < -0.3 is 15.0 Å². The van der Waals surface area contributed by atoms with Crippen molar-refractivity contribution in [1.82, 2.24) is 10.1 Å². The lowest BCUT2D eigenvalue weighted by Crippen LogP contribution is -2.35. The van der Waals surface area contributed by atoms with E-state index in [-0.39, 0.29) is 0 Å². The molecule has 2 N–H and O–H groups in total. The lowest BCUT2D eigenvalue weighted by atomic mass is 9.94. The normalized spacial score (nSPS) is 25.4. The highest BCUT2D eigenvalue weighted by atomic mass is 16.5. The monoisotopic (exact) mass is 239 g/mol. The summed E-state index contributed by atoms with van der Waals surface area (Å²) >= 11 is 0. The second-order valence-corrected chi connectivity index (χ2v) is 4.97. The van der Waals surface area contributed by atoms with Crippen LogP contribution < -0.4 is 5.73 Å². The molecule has 1 atom stereocenters. The van der Waals surface area contributed by atoms with Crippen molar-refractivity contribution in [3.05, 3.63) is 11.7 Å². The number of nitrogens with two attached hydrogens (primary N) is 1. The molecule has 0 amide bonds. The molecule has 1 fully saturated rings. The first kappa shape index (κ1) is 12.5. The van der Waals surface area contributed by atoms with Gasteiger partial charge in [0.25, 0.3) is 0 Å². The summed E-state index contributed by atoms with van der Waals surface area (Å²) in [6.07, 6.45) is 3.53. The van der Waals surface area contributed by atoms with Crippen LogP contribution in [-0.2, 0) is 15.9 Å². The van der Waals surface area contributed by atoms with E-state index < -0.39 is 11.1 Å². The number of aromatic nitrogens is 2. The Bertz CT molecular complexity index is 360. The minimum atomic E-state index is -0.514. The summed E-state index contributed by atoms with van der Waals surface area (Å²) in [5, 5.41) is 4.04. The standard InChI is InChI=1S/C12H21N3O2/c1-4-12(13,5-2)10-14-9(15-17-10)11(3)7-6-8-16-11/h4-8,13H2,1-3H3. The highest BCUT2D eigenvalue weighted by Crippen LogP contribution is 2.35. The first-order valence-corrected chi connectivity index (χ1v) is 6.31. The number of nitrogens with zero attached hydrogens (tertiary/aromatic N) is 2. The molecule has 1 aliphatic heterocycles. The van der Waals surface area contributed by atoms with Crippen LogP contribution in [0.15, 0.2) is 4.52 Å². The van der Waals surface area contributed by atoms with Crippen LogP contribution in [0, 0.1) is 0 Å². The van der Waals surface area contributed by atoms with Crippen LogP contribution in [0.1, 0.15) is 58.2 Å². The van der Waals surface area contributed by atoms with Gasteiger partial charge in [-0.25, -0.2) is 0 Å². The molecule has 2 rings (SSSR count). The van der Waals surface area contributed by atoms with Gasteiger partial charge in [-0.05, 0) is 32.6 Å². The second kappa shape index (κ2) is 4.38. The fourth-order valence-corrected chi connectivity index (χ4v) is 2.15. The molecule has 96 valence electrons. The first-order chi connectivity index (χ1) is 8.04. The van der Waals surface area contributed by atoms with Crippen molar-refractivity contribution in [2.45, 2.75) is 57.6 Å². The molecule has 1 aromatic rings. The third-order valence-corrected chi connectivity index (χ3v) is 3.81. The average Bonchev–Trinajstić information content (AvgIpc) is 2.97. The Labute approximate surface area is 102 Å². The maximum Gasteiger partial charge on any atom is 0.246 e. The van der Waals surface area contributed by atoms with Crippen molar-refractivity contribution in [2.75, 3.05) is 6.61 Å². The molecule has 5 heteroatoms. The number of rotatable bonds is 4. The van der Waals surface area contributed by atoms with Crippen LogP contribution in [-0.4, -0.2) is 16.7 Å². The zero-order valence-electron chi connectivity index (χ0n) is 10.8. The van der Waals surface area contributed by atoms with Gasteiger partial charge in [0.2, 0.25) is 11.7 Å². The molecule has 0 aliphatic carbocycles. The lowest BCUT2D eigenvalue weighted by Gasteiger charge is -2.21. The number of hydrogen-bond donors (Lipinski definition) is 1. The Kier molecular flexibility index (Phi) is 3.23. The summed E-state index contributed by atoms with van der Waals surface area (Å²) in [4.78, 5) is 4.45. The summed E-state index contributed by atoms with van der Waals surface area (Å²) in [5.41, 5.74) is 5.32. The molecule has 0 spiro atoms. The SMILES string of the molecule is CCC(N)(CC)c1nc(C2(C)CCCO2)no1. The van der Waals surface area contributed by atoms with Gasteiger partial charge in [-0.3, -0.25) is 0 Å². The smallest absolute Gasteiger partial charge is 0.246 e. The molecular formula is C12H21N3O2. The second-order valence-electron chi connectivity index (χ2n) is 4.97. The van der Waals surface area contributed by atoms with Gasteiger partial charge in [0.1, 0.15) is 5.60 Å². The van der Waals surface area contributed by atoms with E-state index in [9.17, 15) is 0 Å². The summed E-state index contributed by atoms with van der Waals surface area (Å²) in [6.45, 7) is 6.82. The van der Waals surface area contributed by atoms with Gasteiger partial charge >= 0.3 is 0 Å². The Morgan fingerprint density at radius 1 is 1.41 bits per heavy atom. The number of ether oxygens (including phenoxy) is 1. The summed E-state index contributed by atoms with van der Waals surface area (Å²) in [5.74, 6) is 1.15. The molecule has 1 unspecified atom stereocenters. The van der Waals surface area contributed by atoms with Gasteiger partial charge in [-0.15, -0.1) is 0 Å². The summed E-state index contributed by atoms with van der Waals surface area (Å²) in [6, 6.07) is 0. The fraction of sp³-hybridized carbons (Fsp3) is 0.833. The third kappa shape index (κ3) is 2.09. The maximum absolute atomic E-state index is 6.24. The predicted octanol–water partition coefficient (Wildman–Crippen LogP) is 2.07. The largest absolute Gasteiger partial charge is 0.367 e. The molecule has 0 bridgehead atoms. The van der Waals surface area contributed by atoms with Crippen molar-refractivity contribution in [2.24, 2.45) is 5.73 Å². The van der Waals surface area contributed by atoms with Gasteiger partial charge in [-0.2, -0.15) is 4.98 Å². The summed E-state index contributed by atoms with van der Waals surface area (Å²) < 4.78 is 11.0. The fourth-order valence-electron chi connectivity index (χ4n) is 2.15. The minimum absolute atomic E-state index is 0.399. The van der Waals surface area contributed by atoms with E-state index >= 15 is 0 Å². The van der Waals surface area contributed by atoms with Crippen molar-refractivity contribution in [1.29, 1.82) is 0 Å². The highest BCUT2D eigenvalue weighted by molar-refractivity contribution is 5.07. The molecule has 1 saturated heterocycles. The van der Waals surface area contributed by atoms with Gasteiger partial charge in [0, 0.05) is 6.61 Å². The van der Waals surface area contributed by atoms with E-state index in [1.165, 1.54) is 0 Å². The molecule has 5 nitrogen and oxygen atoms in total. The van der Waals surface area contributed by atoms with Crippen molar-refractivity contribution in [3.8, 4) is 0 Å². The first-order valence-electron chi connectivity index (χ1n) is 6.31.